The molecule has 0 amide bonds. The third kappa shape index (κ3) is 3.52. The van der Waals surface area contributed by atoms with Crippen molar-refractivity contribution in [1.29, 1.82) is 0 Å². The van der Waals surface area contributed by atoms with Gasteiger partial charge in [0.1, 0.15) is 5.82 Å². The number of halogens is 1. The van der Waals surface area contributed by atoms with Gasteiger partial charge in [0.05, 0.1) is 5.56 Å². The number of nitrogens with two attached hydrogens (primary N) is 1. The minimum Gasteiger partial charge on any atom is -0.334 e. The van der Waals surface area contributed by atoms with Crippen LogP contribution in [0.3, 0.4) is 0 Å². The Balaban J connectivity index is 1.88. The average molecular weight is 334 g/mol. The lowest BCUT2D eigenvalue weighted by atomic mass is 10.2. The van der Waals surface area contributed by atoms with Crippen LogP contribution in [-0.2, 0) is 10.2 Å². The molecule has 0 aliphatic heterocycles. The molecule has 3 aromatic rings. The van der Waals surface area contributed by atoms with Crippen LogP contribution in [0.1, 0.15) is 0 Å². The van der Waals surface area contributed by atoms with Crippen LogP contribution in [0.25, 0.3) is 22.8 Å². The maximum Gasteiger partial charge on any atom is 0.296 e. The number of nitrogens with one attached hydrogen (secondary N) is 1. The van der Waals surface area contributed by atoms with Crippen LogP contribution in [0.15, 0.2) is 53.1 Å². The zero-order valence-corrected chi connectivity index (χ0v) is 12.4. The summed E-state index contributed by atoms with van der Waals surface area (Å²) in [6.07, 6.45) is 0. The van der Waals surface area contributed by atoms with Crippen molar-refractivity contribution < 1.29 is 17.3 Å². The minimum atomic E-state index is -3.83. The van der Waals surface area contributed by atoms with Crippen molar-refractivity contribution >= 4 is 15.9 Å². The minimum absolute atomic E-state index is 0.0600. The second-order valence-electron chi connectivity index (χ2n) is 4.63. The van der Waals surface area contributed by atoms with Crippen LogP contribution in [0.2, 0.25) is 0 Å². The summed E-state index contributed by atoms with van der Waals surface area (Å²) < 4.78 is 42.8. The summed E-state index contributed by atoms with van der Waals surface area (Å²) in [6.45, 7) is 0. The number of aromatic nitrogens is 2. The third-order valence-corrected chi connectivity index (χ3v) is 3.45. The van der Waals surface area contributed by atoms with Crippen molar-refractivity contribution in [3.05, 3.63) is 54.3 Å². The van der Waals surface area contributed by atoms with Crippen molar-refractivity contribution in [2.75, 3.05) is 4.72 Å². The Kier molecular flexibility index (Phi) is 3.80. The van der Waals surface area contributed by atoms with Crippen LogP contribution in [0.5, 0.6) is 0 Å². The van der Waals surface area contributed by atoms with Gasteiger partial charge >= 0.3 is 0 Å². The Labute approximate surface area is 131 Å². The Morgan fingerprint density at radius 2 is 1.78 bits per heavy atom. The first-order chi connectivity index (χ1) is 10.9. The Morgan fingerprint density at radius 1 is 1.09 bits per heavy atom. The number of hydrogen-bond donors (Lipinski definition) is 2. The number of nitrogens with zero attached hydrogens (tertiary/aromatic N) is 2. The van der Waals surface area contributed by atoms with Gasteiger partial charge in [0, 0.05) is 11.3 Å². The molecule has 0 spiro atoms. The molecule has 0 aliphatic rings. The summed E-state index contributed by atoms with van der Waals surface area (Å²) in [4.78, 5) is 4.13. The van der Waals surface area contributed by atoms with Crippen molar-refractivity contribution in [3.63, 3.8) is 0 Å². The van der Waals surface area contributed by atoms with E-state index in [2.05, 4.69) is 14.9 Å². The number of rotatable bonds is 4. The molecule has 0 saturated carbocycles. The fraction of sp³-hybridized carbons (Fsp3) is 0. The van der Waals surface area contributed by atoms with Gasteiger partial charge in [-0.15, -0.1) is 0 Å². The lowest BCUT2D eigenvalue weighted by Crippen LogP contribution is -2.21. The average Bonchev–Trinajstić information content (AvgIpc) is 2.96. The maximum absolute atomic E-state index is 13.7. The molecule has 7 nitrogen and oxygen atoms in total. The first kappa shape index (κ1) is 15.1. The van der Waals surface area contributed by atoms with Gasteiger partial charge in [-0.25, -0.2) is 9.53 Å². The topological polar surface area (TPSA) is 111 Å². The van der Waals surface area contributed by atoms with Gasteiger partial charge in [-0.1, -0.05) is 17.3 Å². The predicted molar refractivity (Wildman–Crippen MR) is 81.9 cm³/mol. The van der Waals surface area contributed by atoms with Crippen LogP contribution in [0.4, 0.5) is 10.1 Å². The SMILES string of the molecule is NS(=O)(=O)Nc1ccc(-c2noc(-c3ccccc3F)n2)cc1. The van der Waals surface area contributed by atoms with Crippen molar-refractivity contribution in [1.82, 2.24) is 10.1 Å². The molecule has 9 heteroatoms. The fourth-order valence-electron chi connectivity index (χ4n) is 1.94. The van der Waals surface area contributed by atoms with E-state index in [-0.39, 0.29) is 17.3 Å². The highest BCUT2D eigenvalue weighted by atomic mass is 32.2. The van der Waals surface area contributed by atoms with Gasteiger partial charge in [0.25, 0.3) is 16.1 Å². The smallest absolute Gasteiger partial charge is 0.296 e. The first-order valence-corrected chi connectivity index (χ1v) is 7.96. The molecule has 0 aliphatic carbocycles. The predicted octanol–water partition coefficient (Wildman–Crippen LogP) is 2.16. The molecular formula is C14H11FN4O3S. The van der Waals surface area contributed by atoms with E-state index in [4.69, 9.17) is 9.66 Å². The summed E-state index contributed by atoms with van der Waals surface area (Å²) in [5, 5.41) is 8.68. The van der Waals surface area contributed by atoms with Crippen molar-refractivity contribution in [3.8, 4) is 22.8 Å². The molecule has 3 N–H and O–H groups in total. The number of hydrogen-bond acceptors (Lipinski definition) is 5. The molecule has 23 heavy (non-hydrogen) atoms. The molecule has 1 heterocycles. The van der Waals surface area contributed by atoms with Gasteiger partial charge in [-0.05, 0) is 36.4 Å². The largest absolute Gasteiger partial charge is 0.334 e. The summed E-state index contributed by atoms with van der Waals surface area (Å²) in [6, 6.07) is 12.2. The second kappa shape index (κ2) is 5.78. The monoisotopic (exact) mass is 334 g/mol. The molecule has 3 rings (SSSR count). The Bertz CT molecular complexity index is 939. The van der Waals surface area contributed by atoms with E-state index in [9.17, 15) is 12.8 Å². The zero-order valence-electron chi connectivity index (χ0n) is 11.6. The van der Waals surface area contributed by atoms with Crippen molar-refractivity contribution in [2.24, 2.45) is 5.14 Å². The lowest BCUT2D eigenvalue weighted by Gasteiger charge is -2.03. The normalized spacial score (nSPS) is 11.4. The highest BCUT2D eigenvalue weighted by Crippen LogP contribution is 2.25. The zero-order chi connectivity index (χ0) is 16.4. The number of anilines is 1. The molecule has 2 aromatic carbocycles. The first-order valence-electron chi connectivity index (χ1n) is 6.42. The molecule has 0 atom stereocenters. The van der Waals surface area contributed by atoms with Crippen LogP contribution >= 0.6 is 0 Å². The molecule has 0 bridgehead atoms. The molecular weight excluding hydrogens is 323 g/mol. The van der Waals surface area contributed by atoms with Gasteiger partial charge < -0.3 is 4.52 Å². The van der Waals surface area contributed by atoms with Crippen LogP contribution in [0, 0.1) is 5.82 Å². The molecule has 0 radical (unpaired) electrons. The van der Waals surface area contributed by atoms with Gasteiger partial charge in [0.15, 0.2) is 0 Å². The standard InChI is InChI=1S/C14H11FN4O3S/c15-12-4-2-1-3-11(12)14-17-13(18-22-14)9-5-7-10(8-6-9)19-23(16,20)21/h1-8,19H,(H2,16,20,21). The Hall–Kier alpha value is -2.78. The second-order valence-corrected chi connectivity index (χ2v) is 5.92. The van der Waals surface area contributed by atoms with Gasteiger partial charge in [-0.2, -0.15) is 13.4 Å². The summed E-state index contributed by atoms with van der Waals surface area (Å²) in [5.74, 6) is -0.148. The van der Waals surface area contributed by atoms with Gasteiger partial charge in [0.2, 0.25) is 5.82 Å². The maximum atomic E-state index is 13.7. The molecule has 0 saturated heterocycles. The fourth-order valence-corrected chi connectivity index (χ4v) is 2.40. The summed E-state index contributed by atoms with van der Waals surface area (Å²) in [7, 11) is -3.83. The summed E-state index contributed by atoms with van der Waals surface area (Å²) >= 11 is 0. The molecule has 118 valence electrons. The van der Waals surface area contributed by atoms with Crippen LogP contribution < -0.4 is 9.86 Å². The molecule has 1 aromatic heterocycles. The van der Waals surface area contributed by atoms with E-state index in [1.54, 1.807) is 24.3 Å². The van der Waals surface area contributed by atoms with Crippen molar-refractivity contribution in [2.45, 2.75) is 0 Å². The van der Waals surface area contributed by atoms with E-state index < -0.39 is 16.0 Å². The quantitative estimate of drug-likeness (QED) is 0.759. The van der Waals surface area contributed by atoms with Gasteiger partial charge in [-0.3, -0.25) is 4.72 Å². The highest BCUT2D eigenvalue weighted by molar-refractivity contribution is 7.90. The third-order valence-electron chi connectivity index (χ3n) is 2.93. The highest BCUT2D eigenvalue weighted by Gasteiger charge is 2.14. The Morgan fingerprint density at radius 3 is 2.43 bits per heavy atom. The summed E-state index contributed by atoms with van der Waals surface area (Å²) in [5.41, 5.74) is 1.09. The van der Waals surface area contributed by atoms with E-state index in [0.717, 1.165) is 0 Å². The molecule has 0 fully saturated rings. The van der Waals surface area contributed by atoms with E-state index in [1.807, 2.05) is 0 Å². The van der Waals surface area contributed by atoms with E-state index in [0.29, 0.717) is 11.3 Å². The molecule has 0 unspecified atom stereocenters. The van der Waals surface area contributed by atoms with Crippen LogP contribution in [-0.4, -0.2) is 18.6 Å². The number of benzene rings is 2. The van der Waals surface area contributed by atoms with E-state index >= 15 is 0 Å². The van der Waals surface area contributed by atoms with E-state index in [1.165, 1.54) is 24.3 Å². The lowest BCUT2D eigenvalue weighted by molar-refractivity contribution is 0.429.